The molecule has 0 aromatic rings. The van der Waals surface area contributed by atoms with Crippen molar-refractivity contribution in [2.24, 2.45) is 0 Å². The van der Waals surface area contributed by atoms with Crippen molar-refractivity contribution in [1.29, 1.82) is 0 Å². The van der Waals surface area contributed by atoms with E-state index in [0.29, 0.717) is 13.0 Å². The number of carbonyl (C=O) groups is 1. The van der Waals surface area contributed by atoms with Crippen LogP contribution in [0.2, 0.25) is 0 Å². The minimum Gasteiger partial charge on any atom is -0.480 e. The van der Waals surface area contributed by atoms with Gasteiger partial charge in [0.15, 0.2) is 0 Å². The summed E-state index contributed by atoms with van der Waals surface area (Å²) in [5.41, 5.74) is -0.844. The molecule has 1 atom stereocenters. The van der Waals surface area contributed by atoms with Crippen LogP contribution in [0, 0.1) is 0 Å². The first-order valence-electron chi connectivity index (χ1n) is 7.48. The Morgan fingerprint density at radius 1 is 1.30 bits per heavy atom. The second-order valence-corrected chi connectivity index (χ2v) is 6.26. The second kappa shape index (κ2) is 9.32. The lowest BCUT2D eigenvalue weighted by Crippen LogP contribution is -2.52. The van der Waals surface area contributed by atoms with Crippen LogP contribution in [-0.4, -0.2) is 60.4 Å². The summed E-state index contributed by atoms with van der Waals surface area (Å²) in [5, 5.41) is 12.5. The smallest absolute Gasteiger partial charge is 0.323 e. The highest BCUT2D eigenvalue weighted by Gasteiger charge is 2.32. The van der Waals surface area contributed by atoms with Crippen molar-refractivity contribution in [3.63, 3.8) is 0 Å². The summed E-state index contributed by atoms with van der Waals surface area (Å²) >= 11 is 0. The van der Waals surface area contributed by atoms with Gasteiger partial charge in [-0.2, -0.15) is 0 Å². The largest absolute Gasteiger partial charge is 0.480 e. The van der Waals surface area contributed by atoms with E-state index < -0.39 is 11.5 Å². The molecule has 0 saturated heterocycles. The van der Waals surface area contributed by atoms with Crippen LogP contribution in [0.15, 0.2) is 0 Å². The Bertz CT molecular complexity index is 282. The number of rotatable bonds is 11. The predicted octanol–water partition coefficient (Wildman–Crippen LogP) is 1.96. The first-order chi connectivity index (χ1) is 9.17. The number of ether oxygens (including phenoxy) is 1. The van der Waals surface area contributed by atoms with Gasteiger partial charge in [0, 0.05) is 12.6 Å². The standard InChI is InChI=1S/C15H32N2O3/c1-12(2)16-15(5,14(18)19)8-7-9-17(6)10-11-20-13(3)4/h12-13,16H,7-11H2,1-6H3,(H,18,19). The number of carboxylic acids is 1. The Labute approximate surface area is 123 Å². The molecule has 0 fully saturated rings. The number of carboxylic acid groups (broad SMARTS) is 1. The Morgan fingerprint density at radius 2 is 1.90 bits per heavy atom. The Balaban J connectivity index is 4.02. The summed E-state index contributed by atoms with van der Waals surface area (Å²) < 4.78 is 5.50. The van der Waals surface area contributed by atoms with Crippen LogP contribution in [0.5, 0.6) is 0 Å². The molecule has 0 amide bonds. The zero-order valence-electron chi connectivity index (χ0n) is 13.9. The van der Waals surface area contributed by atoms with Crippen molar-refractivity contribution in [2.75, 3.05) is 26.7 Å². The molecule has 0 aliphatic heterocycles. The van der Waals surface area contributed by atoms with E-state index in [-0.39, 0.29) is 12.1 Å². The molecule has 0 radical (unpaired) electrons. The van der Waals surface area contributed by atoms with Gasteiger partial charge >= 0.3 is 5.97 Å². The molecule has 5 nitrogen and oxygen atoms in total. The lowest BCUT2D eigenvalue weighted by atomic mass is 9.95. The molecule has 0 aliphatic carbocycles. The monoisotopic (exact) mass is 288 g/mol. The fourth-order valence-electron chi connectivity index (χ4n) is 2.14. The van der Waals surface area contributed by atoms with Gasteiger partial charge < -0.3 is 14.7 Å². The van der Waals surface area contributed by atoms with Gasteiger partial charge in [-0.15, -0.1) is 0 Å². The van der Waals surface area contributed by atoms with Crippen LogP contribution in [0.25, 0.3) is 0 Å². The fraction of sp³-hybridized carbons (Fsp3) is 0.933. The minimum absolute atomic E-state index is 0.160. The Kier molecular flexibility index (Phi) is 9.01. The maximum atomic E-state index is 11.4. The molecule has 0 bridgehead atoms. The Morgan fingerprint density at radius 3 is 2.35 bits per heavy atom. The molecule has 0 rings (SSSR count). The average Bonchev–Trinajstić information content (AvgIpc) is 2.27. The zero-order valence-corrected chi connectivity index (χ0v) is 13.9. The maximum Gasteiger partial charge on any atom is 0.323 e. The van der Waals surface area contributed by atoms with Gasteiger partial charge in [-0.3, -0.25) is 10.1 Å². The summed E-state index contributed by atoms with van der Waals surface area (Å²) in [7, 11) is 2.04. The van der Waals surface area contributed by atoms with Crippen molar-refractivity contribution in [3.05, 3.63) is 0 Å². The predicted molar refractivity (Wildman–Crippen MR) is 82.1 cm³/mol. The van der Waals surface area contributed by atoms with Crippen LogP contribution in [-0.2, 0) is 9.53 Å². The molecule has 0 aromatic carbocycles. The van der Waals surface area contributed by atoms with Crippen molar-refractivity contribution >= 4 is 5.97 Å². The Hall–Kier alpha value is -0.650. The molecule has 20 heavy (non-hydrogen) atoms. The molecule has 0 aliphatic rings. The summed E-state index contributed by atoms with van der Waals surface area (Å²) in [6.07, 6.45) is 1.73. The van der Waals surface area contributed by atoms with Crippen LogP contribution in [0.3, 0.4) is 0 Å². The fourth-order valence-corrected chi connectivity index (χ4v) is 2.14. The van der Waals surface area contributed by atoms with Gasteiger partial charge in [-0.1, -0.05) is 0 Å². The van der Waals surface area contributed by atoms with Crippen LogP contribution >= 0.6 is 0 Å². The van der Waals surface area contributed by atoms with E-state index in [0.717, 1.165) is 19.5 Å². The van der Waals surface area contributed by atoms with Crippen LogP contribution in [0.4, 0.5) is 0 Å². The third-order valence-corrected chi connectivity index (χ3v) is 3.22. The third kappa shape index (κ3) is 8.51. The molecule has 1 unspecified atom stereocenters. The number of aliphatic carboxylic acids is 1. The first kappa shape index (κ1) is 19.4. The van der Waals surface area contributed by atoms with Crippen molar-refractivity contribution in [3.8, 4) is 0 Å². The maximum absolute atomic E-state index is 11.4. The van der Waals surface area contributed by atoms with E-state index in [1.165, 1.54) is 0 Å². The number of hydrogen-bond donors (Lipinski definition) is 2. The highest BCUT2D eigenvalue weighted by Crippen LogP contribution is 2.14. The zero-order chi connectivity index (χ0) is 15.8. The summed E-state index contributed by atoms with van der Waals surface area (Å²) in [4.78, 5) is 13.6. The van der Waals surface area contributed by atoms with Crippen molar-refractivity contribution in [2.45, 2.75) is 65.1 Å². The first-order valence-corrected chi connectivity index (χ1v) is 7.48. The third-order valence-electron chi connectivity index (χ3n) is 3.22. The van der Waals surface area contributed by atoms with E-state index in [9.17, 15) is 9.90 Å². The number of likely N-dealkylation sites (N-methyl/N-ethyl adjacent to an activating group) is 1. The van der Waals surface area contributed by atoms with Gasteiger partial charge in [0.2, 0.25) is 0 Å². The van der Waals surface area contributed by atoms with Crippen LogP contribution in [0.1, 0.15) is 47.5 Å². The number of nitrogens with zero attached hydrogens (tertiary/aromatic N) is 1. The normalized spacial score (nSPS) is 15.1. The molecule has 0 saturated carbocycles. The topological polar surface area (TPSA) is 61.8 Å². The van der Waals surface area contributed by atoms with Crippen LogP contribution < -0.4 is 5.32 Å². The summed E-state index contributed by atoms with van der Waals surface area (Å²) in [6, 6.07) is 0.160. The summed E-state index contributed by atoms with van der Waals surface area (Å²) in [5.74, 6) is -0.781. The molecule has 2 N–H and O–H groups in total. The average molecular weight is 288 g/mol. The van der Waals surface area contributed by atoms with Crippen molar-refractivity contribution < 1.29 is 14.6 Å². The van der Waals surface area contributed by atoms with Crippen molar-refractivity contribution in [1.82, 2.24) is 10.2 Å². The SMILES string of the molecule is CC(C)NC(C)(CCCN(C)CCOC(C)C)C(=O)O. The molecular weight excluding hydrogens is 256 g/mol. The number of nitrogens with one attached hydrogen (secondary N) is 1. The quantitative estimate of drug-likeness (QED) is 0.608. The van der Waals surface area contributed by atoms with Gasteiger partial charge in [0.1, 0.15) is 5.54 Å². The molecule has 5 heteroatoms. The lowest BCUT2D eigenvalue weighted by Gasteiger charge is -2.29. The van der Waals surface area contributed by atoms with E-state index >= 15 is 0 Å². The second-order valence-electron chi connectivity index (χ2n) is 6.26. The van der Waals surface area contributed by atoms with E-state index in [1.54, 1.807) is 6.92 Å². The minimum atomic E-state index is -0.844. The van der Waals surface area contributed by atoms with E-state index in [4.69, 9.17) is 4.74 Å². The molecular formula is C15H32N2O3. The molecule has 0 heterocycles. The summed E-state index contributed by atoms with van der Waals surface area (Å²) in [6.45, 7) is 12.2. The molecule has 0 aromatic heterocycles. The lowest BCUT2D eigenvalue weighted by molar-refractivity contribution is -0.144. The van der Waals surface area contributed by atoms with E-state index in [2.05, 4.69) is 10.2 Å². The van der Waals surface area contributed by atoms with Gasteiger partial charge in [0.25, 0.3) is 0 Å². The number of hydrogen-bond acceptors (Lipinski definition) is 4. The van der Waals surface area contributed by atoms with E-state index in [1.807, 2.05) is 34.7 Å². The van der Waals surface area contributed by atoms with Gasteiger partial charge in [-0.05, 0) is 61.1 Å². The van der Waals surface area contributed by atoms with Gasteiger partial charge in [-0.25, -0.2) is 0 Å². The highest BCUT2D eigenvalue weighted by molar-refractivity contribution is 5.78. The molecule has 0 spiro atoms. The molecule has 120 valence electrons. The highest BCUT2D eigenvalue weighted by atomic mass is 16.5. The van der Waals surface area contributed by atoms with Gasteiger partial charge in [0.05, 0.1) is 12.7 Å².